The highest BCUT2D eigenvalue weighted by Crippen LogP contribution is 2.11. The second kappa shape index (κ2) is 6.91. The molecule has 1 saturated heterocycles. The first-order valence-corrected chi connectivity index (χ1v) is 8.62. The van der Waals surface area contributed by atoms with Crippen LogP contribution in [-0.4, -0.2) is 39.1 Å². The smallest absolute Gasteiger partial charge is 0.315 e. The number of carbonyl (C=O) groups is 1. The highest BCUT2D eigenvalue weighted by Gasteiger charge is 2.28. The molecule has 116 valence electrons. The number of amides is 2. The van der Waals surface area contributed by atoms with E-state index >= 15 is 0 Å². The number of benzene rings is 1. The van der Waals surface area contributed by atoms with E-state index in [-0.39, 0.29) is 23.6 Å². The summed E-state index contributed by atoms with van der Waals surface area (Å²) < 4.78 is 27.6. The van der Waals surface area contributed by atoms with Gasteiger partial charge in [-0.05, 0) is 17.5 Å². The van der Waals surface area contributed by atoms with Crippen LogP contribution in [0.2, 0.25) is 0 Å². The number of nitrogens with one attached hydrogen (secondary N) is 2. The molecule has 1 heterocycles. The van der Waals surface area contributed by atoms with E-state index in [0.717, 1.165) is 11.1 Å². The molecule has 0 radical (unpaired) electrons. The first-order valence-electron chi connectivity index (χ1n) is 6.80. The lowest BCUT2D eigenvalue weighted by Crippen LogP contribution is -2.42. The van der Waals surface area contributed by atoms with Crippen LogP contribution in [0.15, 0.2) is 24.3 Å². The van der Waals surface area contributed by atoms with Crippen LogP contribution >= 0.6 is 0 Å². The van der Waals surface area contributed by atoms with Gasteiger partial charge in [0.1, 0.15) is 0 Å². The summed E-state index contributed by atoms with van der Waals surface area (Å²) in [5.74, 6) is 0.186. The zero-order chi connectivity index (χ0) is 15.3. The Bertz CT molecular complexity index is 583. The van der Waals surface area contributed by atoms with Gasteiger partial charge in [0.15, 0.2) is 9.84 Å². The van der Waals surface area contributed by atoms with Crippen LogP contribution < -0.4 is 10.6 Å². The summed E-state index contributed by atoms with van der Waals surface area (Å²) in [5, 5.41) is 5.42. The normalized spacial score (nSPS) is 20.1. The molecule has 1 aliphatic rings. The monoisotopic (exact) mass is 312 g/mol. The van der Waals surface area contributed by atoms with Crippen molar-refractivity contribution in [2.24, 2.45) is 0 Å². The van der Waals surface area contributed by atoms with Gasteiger partial charge in [0.2, 0.25) is 0 Å². The Morgan fingerprint density at radius 2 is 1.95 bits per heavy atom. The minimum atomic E-state index is -2.97. The highest BCUT2D eigenvalue weighted by molar-refractivity contribution is 7.91. The van der Waals surface area contributed by atoms with E-state index in [1.54, 1.807) is 7.11 Å². The molecule has 0 spiro atoms. The molecule has 1 atom stereocenters. The summed E-state index contributed by atoms with van der Waals surface area (Å²) in [6.45, 7) is 0.961. The molecular weight excluding hydrogens is 292 g/mol. The number of urea groups is 1. The van der Waals surface area contributed by atoms with E-state index < -0.39 is 9.84 Å². The minimum Gasteiger partial charge on any atom is -0.380 e. The fourth-order valence-electron chi connectivity index (χ4n) is 2.25. The van der Waals surface area contributed by atoms with Crippen molar-refractivity contribution in [3.05, 3.63) is 35.4 Å². The molecule has 21 heavy (non-hydrogen) atoms. The van der Waals surface area contributed by atoms with Crippen molar-refractivity contribution in [3.63, 3.8) is 0 Å². The Labute approximate surface area is 124 Å². The molecule has 1 aromatic rings. The Balaban J connectivity index is 1.76. The Hall–Kier alpha value is -1.60. The molecule has 0 unspecified atom stereocenters. The van der Waals surface area contributed by atoms with Crippen LogP contribution in [0.5, 0.6) is 0 Å². The van der Waals surface area contributed by atoms with Gasteiger partial charge in [0.25, 0.3) is 0 Å². The van der Waals surface area contributed by atoms with Crippen LogP contribution in [0, 0.1) is 0 Å². The number of ether oxygens (including phenoxy) is 1. The third kappa shape index (κ3) is 5.02. The summed E-state index contributed by atoms with van der Waals surface area (Å²) in [6.07, 6.45) is 0.488. The van der Waals surface area contributed by atoms with Gasteiger partial charge in [0.05, 0.1) is 18.1 Å². The minimum absolute atomic E-state index is 0.0339. The molecular formula is C14H20N2O4S. The van der Waals surface area contributed by atoms with E-state index in [2.05, 4.69) is 10.6 Å². The molecule has 7 heteroatoms. The standard InChI is InChI=1S/C14H20N2O4S/c1-20-9-12-4-2-11(3-5-12)8-15-14(17)16-13-6-7-21(18,19)10-13/h2-5,13H,6-10H2,1H3,(H2,15,16,17)/t13-/m1/s1. The fraction of sp³-hybridized carbons (Fsp3) is 0.500. The zero-order valence-corrected chi connectivity index (χ0v) is 12.8. The molecule has 1 aromatic carbocycles. The van der Waals surface area contributed by atoms with Crippen molar-refractivity contribution in [3.8, 4) is 0 Å². The number of hydrogen-bond donors (Lipinski definition) is 2. The van der Waals surface area contributed by atoms with E-state index in [4.69, 9.17) is 4.74 Å². The average Bonchev–Trinajstić information content (AvgIpc) is 2.77. The van der Waals surface area contributed by atoms with Crippen molar-refractivity contribution < 1.29 is 17.9 Å². The maximum atomic E-state index is 11.7. The van der Waals surface area contributed by atoms with Gasteiger partial charge in [-0.25, -0.2) is 13.2 Å². The quantitative estimate of drug-likeness (QED) is 0.843. The van der Waals surface area contributed by atoms with Crippen LogP contribution in [0.4, 0.5) is 4.79 Å². The predicted molar refractivity (Wildman–Crippen MR) is 79.6 cm³/mol. The summed E-state index contributed by atoms with van der Waals surface area (Å²) in [4.78, 5) is 11.7. The molecule has 2 rings (SSSR count). The Morgan fingerprint density at radius 1 is 1.29 bits per heavy atom. The van der Waals surface area contributed by atoms with Crippen LogP contribution in [-0.2, 0) is 27.7 Å². The third-order valence-electron chi connectivity index (χ3n) is 3.35. The Morgan fingerprint density at radius 3 is 2.52 bits per heavy atom. The predicted octanol–water partition coefficient (Wildman–Crippen LogP) is 0.819. The average molecular weight is 312 g/mol. The van der Waals surface area contributed by atoms with Gasteiger partial charge in [0, 0.05) is 19.7 Å². The van der Waals surface area contributed by atoms with E-state index in [1.165, 1.54) is 0 Å². The van der Waals surface area contributed by atoms with Crippen molar-refractivity contribution in [2.75, 3.05) is 18.6 Å². The number of sulfone groups is 1. The second-order valence-corrected chi connectivity index (χ2v) is 7.41. The molecule has 0 bridgehead atoms. The number of methoxy groups -OCH3 is 1. The van der Waals surface area contributed by atoms with Crippen molar-refractivity contribution >= 4 is 15.9 Å². The largest absolute Gasteiger partial charge is 0.380 e. The van der Waals surface area contributed by atoms with Crippen LogP contribution in [0.3, 0.4) is 0 Å². The lowest BCUT2D eigenvalue weighted by molar-refractivity contribution is 0.185. The summed E-state index contributed by atoms with van der Waals surface area (Å²) >= 11 is 0. The maximum Gasteiger partial charge on any atom is 0.315 e. The topological polar surface area (TPSA) is 84.5 Å². The van der Waals surface area contributed by atoms with E-state index in [9.17, 15) is 13.2 Å². The number of rotatable bonds is 5. The molecule has 2 N–H and O–H groups in total. The molecule has 0 aromatic heterocycles. The van der Waals surface area contributed by atoms with Gasteiger partial charge in [-0.3, -0.25) is 0 Å². The SMILES string of the molecule is COCc1ccc(CNC(=O)N[C@@H]2CCS(=O)(=O)C2)cc1. The zero-order valence-electron chi connectivity index (χ0n) is 12.0. The number of hydrogen-bond acceptors (Lipinski definition) is 4. The molecule has 0 aliphatic carbocycles. The Kier molecular flexibility index (Phi) is 5.19. The number of carbonyl (C=O) groups excluding carboxylic acids is 1. The summed E-state index contributed by atoms with van der Waals surface area (Å²) in [7, 11) is -1.33. The molecule has 0 saturated carbocycles. The molecule has 6 nitrogen and oxygen atoms in total. The molecule has 1 aliphatic heterocycles. The fourth-order valence-corrected chi connectivity index (χ4v) is 3.92. The van der Waals surface area contributed by atoms with Gasteiger partial charge in [-0.15, -0.1) is 0 Å². The van der Waals surface area contributed by atoms with Gasteiger partial charge in [-0.1, -0.05) is 24.3 Å². The van der Waals surface area contributed by atoms with Crippen molar-refractivity contribution in [1.29, 1.82) is 0 Å². The van der Waals surface area contributed by atoms with Gasteiger partial charge < -0.3 is 15.4 Å². The van der Waals surface area contributed by atoms with Crippen molar-refractivity contribution in [2.45, 2.75) is 25.6 Å². The van der Waals surface area contributed by atoms with Crippen LogP contribution in [0.1, 0.15) is 17.5 Å². The second-order valence-electron chi connectivity index (χ2n) is 5.18. The summed E-state index contributed by atoms with van der Waals surface area (Å²) in [6, 6.07) is 7.13. The first-order chi connectivity index (χ1) is 9.98. The summed E-state index contributed by atoms with van der Waals surface area (Å²) in [5.41, 5.74) is 2.05. The first kappa shape index (κ1) is 15.8. The highest BCUT2D eigenvalue weighted by atomic mass is 32.2. The van der Waals surface area contributed by atoms with Crippen LogP contribution in [0.25, 0.3) is 0 Å². The van der Waals surface area contributed by atoms with Gasteiger partial charge >= 0.3 is 6.03 Å². The lowest BCUT2D eigenvalue weighted by Gasteiger charge is -2.12. The molecule has 1 fully saturated rings. The maximum absolute atomic E-state index is 11.7. The molecule has 2 amide bonds. The third-order valence-corrected chi connectivity index (χ3v) is 5.12. The van der Waals surface area contributed by atoms with E-state index in [0.29, 0.717) is 19.6 Å². The van der Waals surface area contributed by atoms with Gasteiger partial charge in [-0.2, -0.15) is 0 Å². The van der Waals surface area contributed by atoms with Crippen molar-refractivity contribution in [1.82, 2.24) is 10.6 Å². The lowest BCUT2D eigenvalue weighted by atomic mass is 10.1. The van der Waals surface area contributed by atoms with E-state index in [1.807, 2.05) is 24.3 Å².